The number of anilines is 1. The summed E-state index contributed by atoms with van der Waals surface area (Å²) >= 11 is 0. The normalized spacial score (nSPS) is 10.7. The van der Waals surface area contributed by atoms with E-state index in [-0.39, 0.29) is 5.91 Å². The number of carbonyl (C=O) groups excluding carboxylic acids is 1. The average molecular weight is 297 g/mol. The van der Waals surface area contributed by atoms with Crippen LogP contribution in [0.5, 0.6) is 0 Å². The van der Waals surface area contributed by atoms with Gasteiger partial charge in [-0.3, -0.25) is 4.79 Å². The van der Waals surface area contributed by atoms with E-state index < -0.39 is 0 Å². The monoisotopic (exact) mass is 297 g/mol. The van der Waals surface area contributed by atoms with Crippen molar-refractivity contribution in [3.63, 3.8) is 0 Å². The van der Waals surface area contributed by atoms with E-state index >= 15 is 0 Å². The van der Waals surface area contributed by atoms with Gasteiger partial charge in [0.15, 0.2) is 0 Å². The lowest BCUT2D eigenvalue weighted by Gasteiger charge is -2.06. The number of amides is 1. The van der Waals surface area contributed by atoms with Crippen LogP contribution in [0.1, 0.15) is 27.6 Å². The van der Waals surface area contributed by atoms with Crippen LogP contribution in [-0.2, 0) is 0 Å². The maximum atomic E-state index is 12.3. The van der Waals surface area contributed by atoms with Crippen LogP contribution in [-0.4, -0.2) is 16.0 Å². The first-order valence-electron chi connectivity index (χ1n) is 6.81. The molecule has 0 saturated heterocycles. The van der Waals surface area contributed by atoms with Gasteiger partial charge in [-0.2, -0.15) is 0 Å². The van der Waals surface area contributed by atoms with E-state index in [4.69, 9.17) is 8.94 Å². The maximum absolute atomic E-state index is 12.3. The number of aromatic nitrogens is 2. The molecule has 0 aliphatic carbocycles. The third-order valence-corrected chi connectivity index (χ3v) is 3.25. The first-order chi connectivity index (χ1) is 10.5. The Labute approximate surface area is 127 Å². The number of nitrogens with zero attached hydrogens (tertiary/aromatic N) is 2. The van der Waals surface area contributed by atoms with Crippen LogP contribution in [0, 0.1) is 20.8 Å². The highest BCUT2D eigenvalue weighted by Crippen LogP contribution is 2.23. The van der Waals surface area contributed by atoms with Gasteiger partial charge in [0.2, 0.25) is 5.89 Å². The summed E-state index contributed by atoms with van der Waals surface area (Å²) in [5, 5.41) is 6.62. The Morgan fingerprint density at radius 2 is 2.05 bits per heavy atom. The molecular formula is C16H15N3O3. The van der Waals surface area contributed by atoms with Crippen LogP contribution in [0.2, 0.25) is 0 Å². The van der Waals surface area contributed by atoms with Gasteiger partial charge in [0.1, 0.15) is 17.1 Å². The highest BCUT2D eigenvalue weighted by molar-refractivity contribution is 6.05. The molecule has 0 saturated carbocycles. The molecule has 6 heteroatoms. The zero-order chi connectivity index (χ0) is 15.7. The average Bonchev–Trinajstić information content (AvgIpc) is 3.05. The number of rotatable bonds is 3. The second-order valence-corrected chi connectivity index (χ2v) is 5.01. The first-order valence-corrected chi connectivity index (χ1v) is 6.81. The largest absolute Gasteiger partial charge is 0.441 e. The molecule has 1 aromatic carbocycles. The van der Waals surface area contributed by atoms with Gasteiger partial charge in [-0.25, -0.2) is 4.98 Å². The predicted molar refractivity (Wildman–Crippen MR) is 80.6 cm³/mol. The number of aryl methyl sites for hydroxylation is 3. The highest BCUT2D eigenvalue weighted by Gasteiger charge is 2.17. The zero-order valence-electron chi connectivity index (χ0n) is 12.5. The van der Waals surface area contributed by atoms with Crippen LogP contribution in [0.4, 0.5) is 5.69 Å². The molecule has 0 unspecified atom stereocenters. The fourth-order valence-electron chi connectivity index (χ4n) is 2.22. The molecule has 0 atom stereocenters. The molecule has 112 valence electrons. The maximum Gasteiger partial charge on any atom is 0.261 e. The summed E-state index contributed by atoms with van der Waals surface area (Å²) in [5.41, 5.74) is 2.47. The Bertz CT molecular complexity index is 813. The second-order valence-electron chi connectivity index (χ2n) is 5.01. The molecule has 22 heavy (non-hydrogen) atoms. The van der Waals surface area contributed by atoms with Crippen LogP contribution in [0.3, 0.4) is 0 Å². The minimum atomic E-state index is -0.253. The number of hydrogen-bond acceptors (Lipinski definition) is 5. The van der Waals surface area contributed by atoms with Crippen molar-refractivity contribution in [2.24, 2.45) is 0 Å². The van der Waals surface area contributed by atoms with Crippen molar-refractivity contribution in [1.29, 1.82) is 0 Å². The number of benzene rings is 1. The standard InChI is InChI=1S/C16H15N3O3/c1-9-8-17-16(21-9)12-5-4-6-13(7-12)18-15(20)14-10(2)19-22-11(14)3/h4-8H,1-3H3,(H,18,20). The Hall–Kier alpha value is -2.89. The zero-order valence-corrected chi connectivity index (χ0v) is 12.5. The van der Waals surface area contributed by atoms with Gasteiger partial charge in [-0.05, 0) is 39.0 Å². The van der Waals surface area contributed by atoms with Crippen LogP contribution in [0.25, 0.3) is 11.5 Å². The summed E-state index contributed by atoms with van der Waals surface area (Å²) in [6.45, 7) is 5.28. The summed E-state index contributed by atoms with van der Waals surface area (Å²) in [5.74, 6) is 1.50. The second kappa shape index (κ2) is 5.48. The minimum Gasteiger partial charge on any atom is -0.441 e. The first kappa shape index (κ1) is 14.1. The third kappa shape index (κ3) is 2.63. The van der Waals surface area contributed by atoms with E-state index in [0.717, 1.165) is 11.3 Å². The Kier molecular flexibility index (Phi) is 3.50. The highest BCUT2D eigenvalue weighted by atomic mass is 16.5. The number of oxazole rings is 1. The van der Waals surface area contributed by atoms with Crippen LogP contribution >= 0.6 is 0 Å². The topological polar surface area (TPSA) is 81.2 Å². The Balaban J connectivity index is 1.86. The molecule has 0 aliphatic rings. The van der Waals surface area contributed by atoms with E-state index in [1.807, 2.05) is 19.1 Å². The molecule has 0 aliphatic heterocycles. The van der Waals surface area contributed by atoms with Gasteiger partial charge in [0, 0.05) is 11.3 Å². The molecule has 2 heterocycles. The van der Waals surface area contributed by atoms with Crippen LogP contribution in [0.15, 0.2) is 39.4 Å². The summed E-state index contributed by atoms with van der Waals surface area (Å²) in [7, 11) is 0. The van der Waals surface area contributed by atoms with Crippen molar-refractivity contribution in [1.82, 2.24) is 10.1 Å². The minimum absolute atomic E-state index is 0.253. The molecule has 1 amide bonds. The smallest absolute Gasteiger partial charge is 0.261 e. The number of carbonyl (C=O) groups is 1. The van der Waals surface area contributed by atoms with E-state index in [0.29, 0.717) is 28.6 Å². The van der Waals surface area contributed by atoms with Gasteiger partial charge in [-0.15, -0.1) is 0 Å². The predicted octanol–water partition coefficient (Wildman–Crippen LogP) is 3.51. The Morgan fingerprint density at radius 1 is 1.23 bits per heavy atom. The molecule has 3 rings (SSSR count). The molecule has 1 N–H and O–H groups in total. The molecular weight excluding hydrogens is 282 g/mol. The molecule has 3 aromatic rings. The molecule has 2 aromatic heterocycles. The van der Waals surface area contributed by atoms with E-state index in [1.165, 1.54) is 0 Å². The van der Waals surface area contributed by atoms with Gasteiger partial charge in [0.25, 0.3) is 5.91 Å². The van der Waals surface area contributed by atoms with Crippen molar-refractivity contribution in [3.05, 3.63) is 53.2 Å². The summed E-state index contributed by atoms with van der Waals surface area (Å²) in [6, 6.07) is 7.31. The van der Waals surface area contributed by atoms with Gasteiger partial charge in [-0.1, -0.05) is 11.2 Å². The van der Waals surface area contributed by atoms with Crippen molar-refractivity contribution in [3.8, 4) is 11.5 Å². The van der Waals surface area contributed by atoms with Crippen molar-refractivity contribution in [2.75, 3.05) is 5.32 Å². The number of nitrogens with one attached hydrogen (secondary N) is 1. The van der Waals surface area contributed by atoms with Crippen LogP contribution < -0.4 is 5.32 Å². The van der Waals surface area contributed by atoms with Crippen molar-refractivity contribution >= 4 is 11.6 Å². The van der Waals surface area contributed by atoms with Crippen molar-refractivity contribution < 1.29 is 13.7 Å². The van der Waals surface area contributed by atoms with Gasteiger partial charge in [0.05, 0.1) is 11.9 Å². The molecule has 0 spiro atoms. The van der Waals surface area contributed by atoms with Gasteiger partial charge < -0.3 is 14.3 Å². The van der Waals surface area contributed by atoms with E-state index in [9.17, 15) is 4.79 Å². The lowest BCUT2D eigenvalue weighted by Crippen LogP contribution is -2.13. The molecule has 0 radical (unpaired) electrons. The SMILES string of the molecule is Cc1cnc(-c2cccc(NC(=O)c3c(C)noc3C)c2)o1. The Morgan fingerprint density at radius 3 is 2.68 bits per heavy atom. The number of hydrogen-bond donors (Lipinski definition) is 1. The fourth-order valence-corrected chi connectivity index (χ4v) is 2.22. The summed E-state index contributed by atoms with van der Waals surface area (Å²) in [4.78, 5) is 16.5. The quantitative estimate of drug-likeness (QED) is 0.800. The van der Waals surface area contributed by atoms with E-state index in [2.05, 4.69) is 15.5 Å². The lowest BCUT2D eigenvalue weighted by atomic mass is 10.1. The molecule has 0 bridgehead atoms. The van der Waals surface area contributed by atoms with E-state index in [1.54, 1.807) is 32.2 Å². The fraction of sp³-hybridized carbons (Fsp3) is 0.188. The molecule has 6 nitrogen and oxygen atoms in total. The summed E-state index contributed by atoms with van der Waals surface area (Å²) < 4.78 is 10.5. The molecule has 0 fully saturated rings. The summed E-state index contributed by atoms with van der Waals surface area (Å²) in [6.07, 6.45) is 1.66. The van der Waals surface area contributed by atoms with Gasteiger partial charge >= 0.3 is 0 Å². The van der Waals surface area contributed by atoms with Crippen molar-refractivity contribution in [2.45, 2.75) is 20.8 Å². The third-order valence-electron chi connectivity index (χ3n) is 3.25. The lowest BCUT2D eigenvalue weighted by molar-refractivity contribution is 0.102.